The Kier molecular flexibility index (Phi) is 16.4. The van der Waals surface area contributed by atoms with E-state index in [1.807, 2.05) is 158 Å². The first kappa shape index (κ1) is 53.5. The van der Waals surface area contributed by atoms with Crippen molar-refractivity contribution in [2.45, 2.75) is 113 Å². The number of benzene rings is 7. The highest BCUT2D eigenvalue weighted by molar-refractivity contribution is 6.99. The van der Waals surface area contributed by atoms with E-state index in [0.29, 0.717) is 0 Å². The number of rotatable bonds is 18. The number of carbonyl (C=O) groups excluding carboxylic acids is 2. The zero-order chi connectivity index (χ0) is 53.6. The van der Waals surface area contributed by atoms with Crippen LogP contribution >= 0.6 is 0 Å². The van der Waals surface area contributed by atoms with Crippen LogP contribution in [-0.4, -0.2) is 105 Å². The predicted octanol–water partition coefficient (Wildman–Crippen LogP) is 8.93. The van der Waals surface area contributed by atoms with E-state index in [0.717, 1.165) is 32.6 Å². The van der Waals surface area contributed by atoms with E-state index in [1.54, 1.807) is 24.3 Å². The Balaban J connectivity index is 0.999. The van der Waals surface area contributed by atoms with Gasteiger partial charge in [-0.1, -0.05) is 215 Å². The van der Waals surface area contributed by atoms with Gasteiger partial charge in [-0.3, -0.25) is 14.5 Å². The SMILES string of the molecule is CC(C)(C)[Si](O[C@@H]1[C@H](OCc2ccccc2)[C@@H](O)O[C@H](CO[C@@H]2O[C@@H]3CO[C@@H](c4ccccc4)O[C@H]3[C@H](OCc3ccccc3)[C@H]2N2C(=O)c3ccccc3C2=O)[C@H]1OCc1ccccc1)(c1ccccc1)c1ccccc1. The monoisotopic (exact) mass is 1070 g/mol. The standard InChI is InChI=1S/C64H65NO12Si/c1-64(2,3)78(47-32-18-8-19-33-47,48-34-20-9-21-35-48)77-57-54(69-38-43-24-10-4-11-25-43)51(74-61(68)58(57)71-40-45-28-14-6-15-29-45)41-73-63-53(65-59(66)49-36-22-23-37-50(49)60(65)67)56(70-39-44-26-12-5-13-27-44)55-52(75-63)42-72-62(76-55)46-30-16-7-17-31-46/h4-37,51-58,61-63,68H,38-42H2,1-3H3/t51-,52-,53-,54-,55-,56-,57+,58+,61+,62-,63-/m1/s1. The van der Waals surface area contributed by atoms with E-state index in [1.165, 1.54) is 4.90 Å². The molecule has 0 aromatic heterocycles. The molecule has 4 heterocycles. The third-order valence-electron chi connectivity index (χ3n) is 15.1. The Bertz CT molecular complexity index is 2990. The maximum absolute atomic E-state index is 14.8. The van der Waals surface area contributed by atoms with Crippen LogP contribution in [0.3, 0.4) is 0 Å². The minimum atomic E-state index is -3.44. The second kappa shape index (κ2) is 23.8. The van der Waals surface area contributed by atoms with Gasteiger partial charge in [-0.2, -0.15) is 0 Å². The zero-order valence-corrected chi connectivity index (χ0v) is 44.9. The number of fused-ring (bicyclic) bond motifs is 2. The first-order chi connectivity index (χ1) is 38.1. The van der Waals surface area contributed by atoms with Crippen molar-refractivity contribution in [3.05, 3.63) is 240 Å². The van der Waals surface area contributed by atoms with Gasteiger partial charge in [0.25, 0.3) is 20.1 Å². The molecule has 13 nitrogen and oxygen atoms in total. The molecular weight excluding hydrogens is 1000 g/mol. The Hall–Kier alpha value is -6.50. The minimum absolute atomic E-state index is 0.0699. The van der Waals surface area contributed by atoms with Crippen molar-refractivity contribution in [3.63, 3.8) is 0 Å². The van der Waals surface area contributed by atoms with E-state index in [4.69, 9.17) is 42.3 Å². The lowest BCUT2D eigenvalue weighted by molar-refractivity contribution is -0.362. The number of aliphatic hydroxyl groups is 1. The van der Waals surface area contributed by atoms with Gasteiger partial charge in [0.2, 0.25) is 0 Å². The third-order valence-corrected chi connectivity index (χ3v) is 20.2. The molecule has 78 heavy (non-hydrogen) atoms. The summed E-state index contributed by atoms with van der Waals surface area (Å²) in [5, 5.41) is 14.1. The summed E-state index contributed by atoms with van der Waals surface area (Å²) in [7, 11) is -3.44. The van der Waals surface area contributed by atoms with Crippen LogP contribution in [0, 0.1) is 0 Å². The molecule has 2 amide bonds. The Morgan fingerprint density at radius 3 is 1.47 bits per heavy atom. The van der Waals surface area contributed by atoms with Gasteiger partial charge in [0.15, 0.2) is 18.9 Å². The lowest BCUT2D eigenvalue weighted by atomic mass is 9.93. The van der Waals surface area contributed by atoms with E-state index in [2.05, 4.69) is 45.0 Å². The normalized spacial score (nSPS) is 26.3. The summed E-state index contributed by atoms with van der Waals surface area (Å²) in [5.74, 6) is -1.05. The van der Waals surface area contributed by atoms with Crippen molar-refractivity contribution < 1.29 is 57.0 Å². The average Bonchev–Trinajstić information content (AvgIpc) is 3.91. The van der Waals surface area contributed by atoms with Crippen LogP contribution in [0.25, 0.3) is 0 Å². The fourth-order valence-electron chi connectivity index (χ4n) is 11.3. The lowest BCUT2D eigenvalue weighted by Crippen LogP contribution is -2.72. The Labute approximate surface area is 456 Å². The van der Waals surface area contributed by atoms with Crippen molar-refractivity contribution >= 4 is 30.5 Å². The van der Waals surface area contributed by atoms with Crippen molar-refractivity contribution in [2.75, 3.05) is 13.2 Å². The molecule has 7 aromatic carbocycles. The maximum atomic E-state index is 14.8. The Morgan fingerprint density at radius 2 is 0.974 bits per heavy atom. The molecule has 0 saturated carbocycles. The van der Waals surface area contributed by atoms with E-state index < -0.39 is 92.8 Å². The number of ether oxygens (including phenoxy) is 8. The van der Waals surface area contributed by atoms with Crippen LogP contribution in [0.2, 0.25) is 5.04 Å². The van der Waals surface area contributed by atoms with Crippen LogP contribution in [-0.2, 0) is 62.1 Å². The molecule has 0 spiro atoms. The summed E-state index contributed by atoms with van der Waals surface area (Å²) in [6, 6.07) is 64.9. The number of carbonyl (C=O) groups is 2. The van der Waals surface area contributed by atoms with Gasteiger partial charge in [0.1, 0.15) is 48.8 Å². The average molecular weight is 1070 g/mol. The second-order valence-corrected chi connectivity index (χ2v) is 25.4. The summed E-state index contributed by atoms with van der Waals surface area (Å²) < 4.78 is 62.7. The van der Waals surface area contributed by atoms with Crippen LogP contribution in [0.1, 0.15) is 70.0 Å². The summed E-state index contributed by atoms with van der Waals surface area (Å²) in [4.78, 5) is 30.8. The fraction of sp³-hybridized carbons (Fsp3) is 0.312. The highest BCUT2D eigenvalue weighted by atomic mass is 28.4. The number of nitrogens with zero attached hydrogens (tertiary/aromatic N) is 1. The van der Waals surface area contributed by atoms with Crippen molar-refractivity contribution in [1.29, 1.82) is 0 Å². The van der Waals surface area contributed by atoms with Crippen LogP contribution in [0.15, 0.2) is 206 Å². The first-order valence-electron chi connectivity index (χ1n) is 26.7. The lowest BCUT2D eigenvalue weighted by Gasteiger charge is -2.52. The van der Waals surface area contributed by atoms with Crippen LogP contribution in [0.5, 0.6) is 0 Å². The molecule has 0 aliphatic carbocycles. The van der Waals surface area contributed by atoms with Gasteiger partial charge in [0.05, 0.1) is 44.2 Å². The quantitative estimate of drug-likeness (QED) is 0.0649. The van der Waals surface area contributed by atoms with Gasteiger partial charge in [0, 0.05) is 5.56 Å². The van der Waals surface area contributed by atoms with Crippen molar-refractivity contribution in [3.8, 4) is 0 Å². The summed E-state index contributed by atoms with van der Waals surface area (Å²) in [6.07, 6.45) is -10.4. The first-order valence-corrected chi connectivity index (χ1v) is 28.6. The topological polar surface area (TPSA) is 141 Å². The van der Waals surface area contributed by atoms with Gasteiger partial charge in [-0.05, 0) is 44.2 Å². The predicted molar refractivity (Wildman–Crippen MR) is 294 cm³/mol. The molecule has 4 aliphatic heterocycles. The van der Waals surface area contributed by atoms with Gasteiger partial charge in [-0.25, -0.2) is 0 Å². The van der Waals surface area contributed by atoms with E-state index in [9.17, 15) is 14.7 Å². The summed E-state index contributed by atoms with van der Waals surface area (Å²) in [6.45, 7) is 6.77. The van der Waals surface area contributed by atoms with E-state index >= 15 is 0 Å². The molecule has 402 valence electrons. The molecule has 0 radical (unpaired) electrons. The molecule has 4 aliphatic rings. The number of amides is 2. The molecule has 0 bridgehead atoms. The van der Waals surface area contributed by atoms with Gasteiger partial charge in [-0.15, -0.1) is 0 Å². The largest absolute Gasteiger partial charge is 0.399 e. The highest BCUT2D eigenvalue weighted by Crippen LogP contribution is 2.43. The van der Waals surface area contributed by atoms with Crippen molar-refractivity contribution in [1.82, 2.24) is 4.90 Å². The molecule has 11 atom stereocenters. The molecule has 14 heteroatoms. The Morgan fingerprint density at radius 1 is 0.526 bits per heavy atom. The molecule has 11 rings (SSSR count). The molecule has 7 aromatic rings. The number of aliphatic hydroxyl groups excluding tert-OH is 1. The van der Waals surface area contributed by atoms with Gasteiger partial charge < -0.3 is 47.4 Å². The zero-order valence-electron chi connectivity index (χ0n) is 43.9. The number of imide groups is 1. The smallest absolute Gasteiger partial charge is 0.262 e. The number of hydrogen-bond acceptors (Lipinski definition) is 12. The summed E-state index contributed by atoms with van der Waals surface area (Å²) >= 11 is 0. The third kappa shape index (κ3) is 11.1. The molecule has 0 unspecified atom stereocenters. The van der Waals surface area contributed by atoms with E-state index in [-0.39, 0.29) is 44.2 Å². The summed E-state index contributed by atoms with van der Waals surface area (Å²) in [5.41, 5.74) is 3.93. The molecule has 3 fully saturated rings. The molecule has 1 N–H and O–H groups in total. The highest BCUT2D eigenvalue weighted by Gasteiger charge is 2.60. The second-order valence-electron chi connectivity index (χ2n) is 21.2. The van der Waals surface area contributed by atoms with Crippen LogP contribution < -0.4 is 10.4 Å². The van der Waals surface area contributed by atoms with Crippen molar-refractivity contribution in [2.24, 2.45) is 0 Å². The minimum Gasteiger partial charge on any atom is -0.399 e. The number of hydrogen-bond donors (Lipinski definition) is 1. The maximum Gasteiger partial charge on any atom is 0.262 e. The fourth-order valence-corrected chi connectivity index (χ4v) is 16.0. The van der Waals surface area contributed by atoms with Gasteiger partial charge >= 0.3 is 0 Å². The molecular formula is C64H65NO12Si. The van der Waals surface area contributed by atoms with Crippen LogP contribution in [0.4, 0.5) is 0 Å². The molecule has 3 saturated heterocycles.